The predicted octanol–water partition coefficient (Wildman–Crippen LogP) is 3.66. The summed E-state index contributed by atoms with van der Waals surface area (Å²) >= 11 is 9.92. The predicted molar refractivity (Wildman–Crippen MR) is 131 cm³/mol. The van der Waals surface area contributed by atoms with Crippen LogP contribution in [0.5, 0.6) is 11.6 Å². The van der Waals surface area contributed by atoms with Crippen LogP contribution in [0.3, 0.4) is 0 Å². The number of hydrogen-bond acceptors (Lipinski definition) is 7. The topological polar surface area (TPSA) is 93.5 Å². The zero-order valence-corrected chi connectivity index (χ0v) is 21.7. The zero-order valence-electron chi connectivity index (χ0n) is 18.6. The van der Waals surface area contributed by atoms with Crippen molar-refractivity contribution in [2.45, 2.75) is 44.4 Å². The van der Waals surface area contributed by atoms with Gasteiger partial charge in [-0.3, -0.25) is 4.90 Å². The van der Waals surface area contributed by atoms with E-state index in [9.17, 15) is 8.42 Å². The van der Waals surface area contributed by atoms with Gasteiger partial charge >= 0.3 is 0 Å². The normalized spacial score (nSPS) is 23.3. The molecule has 2 bridgehead atoms. The average Bonchev–Trinajstić information content (AvgIpc) is 3.17. The fourth-order valence-electron chi connectivity index (χ4n) is 5.05. The number of aromatic nitrogens is 4. The van der Waals surface area contributed by atoms with Gasteiger partial charge in [0.05, 0.1) is 21.3 Å². The smallest absolute Gasteiger partial charge is 0.223 e. The molecule has 180 valence electrons. The van der Waals surface area contributed by atoms with Gasteiger partial charge in [-0.1, -0.05) is 16.8 Å². The third kappa shape index (κ3) is 4.21. The van der Waals surface area contributed by atoms with Crippen LogP contribution in [-0.2, 0) is 23.1 Å². The summed E-state index contributed by atoms with van der Waals surface area (Å²) < 4.78 is 34.6. The number of ether oxygens (including phenoxy) is 1. The maximum atomic E-state index is 12.0. The molecule has 3 aromatic rings. The minimum atomic E-state index is -3.18. The third-order valence-corrected chi connectivity index (χ3v) is 9.19. The van der Waals surface area contributed by atoms with Crippen LogP contribution in [-0.4, -0.2) is 69.0 Å². The van der Waals surface area contributed by atoms with Crippen LogP contribution in [0.4, 0.5) is 0 Å². The van der Waals surface area contributed by atoms with E-state index < -0.39 is 10.0 Å². The van der Waals surface area contributed by atoms with Crippen LogP contribution >= 0.6 is 27.5 Å². The first-order valence-corrected chi connectivity index (χ1v) is 14.3. The lowest BCUT2D eigenvalue weighted by Crippen LogP contribution is -2.47. The molecule has 2 aliphatic heterocycles. The number of rotatable bonds is 7. The molecule has 1 aliphatic carbocycles. The standard InChI is InChI=1S/C22H24BrClN6O3S/c1-34(31,32)30-12-16-7-17(30)11-28(16)10-14-6-15(24)8-25-22(14)33-19-5-4-18-21(20(19)23)26-27-29(18)9-13-2-3-13/h4-6,8,13,16-17H,2-3,7,9-12H2,1H3/t16-,17-/m1/s1. The Bertz CT molecular complexity index is 1380. The van der Waals surface area contributed by atoms with E-state index in [2.05, 4.69) is 36.1 Å². The number of fused-ring (bicyclic) bond motifs is 3. The second-order valence-corrected chi connectivity index (χ2v) is 12.7. The van der Waals surface area contributed by atoms with Crippen LogP contribution in [0.2, 0.25) is 5.02 Å². The van der Waals surface area contributed by atoms with E-state index in [1.807, 2.05) is 22.9 Å². The molecule has 2 aromatic heterocycles. The van der Waals surface area contributed by atoms with Crippen LogP contribution in [0, 0.1) is 5.92 Å². The van der Waals surface area contributed by atoms with Gasteiger partial charge in [-0.15, -0.1) is 5.10 Å². The summed E-state index contributed by atoms with van der Waals surface area (Å²) in [6.45, 7) is 2.68. The summed E-state index contributed by atoms with van der Waals surface area (Å²) in [7, 11) is -3.18. The van der Waals surface area contributed by atoms with Crippen molar-refractivity contribution in [1.29, 1.82) is 0 Å². The van der Waals surface area contributed by atoms with Crippen molar-refractivity contribution >= 4 is 48.6 Å². The molecule has 2 saturated heterocycles. The molecule has 12 heteroatoms. The van der Waals surface area contributed by atoms with E-state index in [1.54, 1.807) is 10.5 Å². The molecule has 1 aromatic carbocycles. The van der Waals surface area contributed by atoms with Gasteiger partial charge in [-0.25, -0.2) is 18.1 Å². The number of nitrogens with zero attached hydrogens (tertiary/aromatic N) is 6. The van der Waals surface area contributed by atoms with E-state index in [0.29, 0.717) is 42.2 Å². The molecule has 0 unspecified atom stereocenters. The number of hydrogen-bond donors (Lipinski definition) is 0. The van der Waals surface area contributed by atoms with Crippen molar-refractivity contribution < 1.29 is 13.2 Å². The fraction of sp³-hybridized carbons (Fsp3) is 0.500. The second-order valence-electron chi connectivity index (χ2n) is 9.49. The van der Waals surface area contributed by atoms with Crippen LogP contribution < -0.4 is 4.74 Å². The zero-order chi connectivity index (χ0) is 23.6. The van der Waals surface area contributed by atoms with Crippen LogP contribution in [0.25, 0.3) is 11.0 Å². The lowest BCUT2D eigenvalue weighted by Gasteiger charge is -2.32. The van der Waals surface area contributed by atoms with Gasteiger partial charge in [0.15, 0.2) is 0 Å². The maximum absolute atomic E-state index is 12.0. The Morgan fingerprint density at radius 1 is 1.24 bits per heavy atom. The Labute approximate surface area is 211 Å². The van der Waals surface area contributed by atoms with Crippen molar-refractivity contribution in [3.63, 3.8) is 0 Å². The molecule has 2 atom stereocenters. The molecule has 0 radical (unpaired) electrons. The molecule has 3 fully saturated rings. The van der Waals surface area contributed by atoms with E-state index in [4.69, 9.17) is 16.3 Å². The lowest BCUT2D eigenvalue weighted by atomic mass is 10.2. The first-order chi connectivity index (χ1) is 16.3. The van der Waals surface area contributed by atoms with E-state index in [-0.39, 0.29) is 12.1 Å². The Balaban J connectivity index is 1.24. The van der Waals surface area contributed by atoms with E-state index in [1.165, 1.54) is 19.1 Å². The first kappa shape index (κ1) is 22.7. The number of sulfonamides is 1. The minimum Gasteiger partial charge on any atom is -0.437 e. The van der Waals surface area contributed by atoms with Gasteiger partial charge in [0.25, 0.3) is 0 Å². The molecule has 4 heterocycles. The van der Waals surface area contributed by atoms with Gasteiger partial charge < -0.3 is 4.74 Å². The lowest BCUT2D eigenvalue weighted by molar-refractivity contribution is 0.173. The number of piperazine rings is 1. The van der Waals surface area contributed by atoms with E-state index >= 15 is 0 Å². The molecular formula is C22H24BrClN6O3S. The van der Waals surface area contributed by atoms with Crippen molar-refractivity contribution in [2.24, 2.45) is 5.92 Å². The largest absolute Gasteiger partial charge is 0.437 e. The highest BCUT2D eigenvalue weighted by Gasteiger charge is 2.46. The molecule has 0 N–H and O–H groups in total. The number of pyridine rings is 1. The monoisotopic (exact) mass is 566 g/mol. The summed E-state index contributed by atoms with van der Waals surface area (Å²) in [5, 5.41) is 9.21. The van der Waals surface area contributed by atoms with Gasteiger partial charge in [-0.05, 0) is 59.3 Å². The average molecular weight is 568 g/mol. The molecule has 6 rings (SSSR count). The van der Waals surface area contributed by atoms with Crippen LogP contribution in [0.1, 0.15) is 24.8 Å². The first-order valence-electron chi connectivity index (χ1n) is 11.3. The highest BCUT2D eigenvalue weighted by atomic mass is 79.9. The van der Waals surface area contributed by atoms with E-state index in [0.717, 1.165) is 34.0 Å². The van der Waals surface area contributed by atoms with Gasteiger partial charge in [-0.2, -0.15) is 4.31 Å². The Hall–Kier alpha value is -1.79. The second kappa shape index (κ2) is 8.41. The van der Waals surface area contributed by atoms with Crippen molar-refractivity contribution in [1.82, 2.24) is 29.2 Å². The van der Waals surface area contributed by atoms with Crippen LogP contribution in [0.15, 0.2) is 28.9 Å². The summed E-state index contributed by atoms with van der Waals surface area (Å²) in [4.78, 5) is 6.74. The quantitative estimate of drug-likeness (QED) is 0.430. The fourth-order valence-corrected chi connectivity index (χ4v) is 6.87. The number of likely N-dealkylation sites (tertiary alicyclic amines) is 1. The minimum absolute atomic E-state index is 0.0197. The van der Waals surface area contributed by atoms with Gasteiger partial charge in [0.1, 0.15) is 11.3 Å². The highest BCUT2D eigenvalue weighted by molar-refractivity contribution is 9.10. The summed E-state index contributed by atoms with van der Waals surface area (Å²) in [6.07, 6.45) is 6.19. The molecule has 0 amide bonds. The molecule has 0 spiro atoms. The summed E-state index contributed by atoms with van der Waals surface area (Å²) in [6, 6.07) is 5.94. The third-order valence-electron chi connectivity index (χ3n) is 6.92. The van der Waals surface area contributed by atoms with Gasteiger partial charge in [0.2, 0.25) is 15.9 Å². The Morgan fingerprint density at radius 2 is 2.06 bits per heavy atom. The van der Waals surface area contributed by atoms with Gasteiger partial charge in [0, 0.05) is 50.0 Å². The van der Waals surface area contributed by atoms with Crippen molar-refractivity contribution in [3.8, 4) is 11.6 Å². The van der Waals surface area contributed by atoms with Crippen molar-refractivity contribution in [3.05, 3.63) is 39.5 Å². The number of benzene rings is 1. The SMILES string of the molecule is CS(=O)(=O)N1C[C@H]2C[C@@H]1CN2Cc1cc(Cl)cnc1Oc1ccc2c(nnn2CC2CC2)c1Br. The summed E-state index contributed by atoms with van der Waals surface area (Å²) in [5.41, 5.74) is 2.58. The summed E-state index contributed by atoms with van der Waals surface area (Å²) in [5.74, 6) is 1.77. The molecule has 1 saturated carbocycles. The molecule has 3 aliphatic rings. The Morgan fingerprint density at radius 3 is 2.76 bits per heavy atom. The van der Waals surface area contributed by atoms with Crippen molar-refractivity contribution in [2.75, 3.05) is 19.3 Å². The molecule has 34 heavy (non-hydrogen) atoms. The highest BCUT2D eigenvalue weighted by Crippen LogP contribution is 2.39. The maximum Gasteiger partial charge on any atom is 0.223 e. The molecular weight excluding hydrogens is 544 g/mol. The molecule has 9 nitrogen and oxygen atoms in total. The Kier molecular flexibility index (Phi) is 5.60. The number of halogens is 2.